The van der Waals surface area contributed by atoms with Crippen LogP contribution < -0.4 is 10.5 Å². The van der Waals surface area contributed by atoms with Crippen molar-refractivity contribution in [1.29, 1.82) is 0 Å². The summed E-state index contributed by atoms with van der Waals surface area (Å²) in [6.45, 7) is 7.97. The van der Waals surface area contributed by atoms with Crippen molar-refractivity contribution in [2.24, 2.45) is 0 Å². The van der Waals surface area contributed by atoms with Gasteiger partial charge >= 0.3 is 0 Å². The quantitative estimate of drug-likeness (QED) is 0.486. The Morgan fingerprint density at radius 1 is 1.22 bits per heavy atom. The highest BCUT2D eigenvalue weighted by molar-refractivity contribution is 6.76. The van der Waals surface area contributed by atoms with Crippen LogP contribution in [0.15, 0.2) is 30.6 Å². The molecular formula is C19H25FN4O2Si. The number of ether oxygens (including phenoxy) is 2. The normalized spacial score (nSPS) is 11.9. The number of nitrogen functional groups attached to an aromatic ring is 1. The minimum atomic E-state index is -1.16. The van der Waals surface area contributed by atoms with Gasteiger partial charge in [-0.2, -0.15) is 0 Å². The van der Waals surface area contributed by atoms with Gasteiger partial charge in [0.25, 0.3) is 0 Å². The number of rotatable bonds is 7. The van der Waals surface area contributed by atoms with Gasteiger partial charge in [-0.3, -0.25) is 0 Å². The highest BCUT2D eigenvalue weighted by Gasteiger charge is 2.18. The van der Waals surface area contributed by atoms with E-state index in [1.165, 1.54) is 13.2 Å². The van der Waals surface area contributed by atoms with Crippen molar-refractivity contribution in [1.82, 2.24) is 14.5 Å². The van der Waals surface area contributed by atoms with Crippen molar-refractivity contribution in [2.75, 3.05) is 19.5 Å². The van der Waals surface area contributed by atoms with Crippen LogP contribution >= 0.6 is 0 Å². The van der Waals surface area contributed by atoms with E-state index in [0.29, 0.717) is 36.2 Å². The van der Waals surface area contributed by atoms with E-state index >= 15 is 0 Å². The Bertz CT molecular complexity index is 953. The van der Waals surface area contributed by atoms with E-state index in [-0.39, 0.29) is 0 Å². The minimum absolute atomic E-state index is 0.350. The van der Waals surface area contributed by atoms with Crippen molar-refractivity contribution >= 4 is 24.9 Å². The number of halogens is 1. The number of nitrogens with two attached hydrogens (primary N) is 1. The second-order valence-electron chi connectivity index (χ2n) is 7.68. The molecule has 0 aromatic carbocycles. The van der Waals surface area contributed by atoms with Gasteiger partial charge in [-0.15, -0.1) is 0 Å². The summed E-state index contributed by atoms with van der Waals surface area (Å²) in [4.78, 5) is 8.47. The smallest absolute Gasteiger partial charge is 0.221 e. The molecular weight excluding hydrogens is 363 g/mol. The summed E-state index contributed by atoms with van der Waals surface area (Å²) < 4.78 is 26.9. The van der Waals surface area contributed by atoms with Crippen LogP contribution in [0.5, 0.6) is 5.88 Å². The molecule has 8 heteroatoms. The Balaban J connectivity index is 1.99. The molecule has 0 spiro atoms. The van der Waals surface area contributed by atoms with Crippen LogP contribution in [0.1, 0.15) is 0 Å². The van der Waals surface area contributed by atoms with E-state index < -0.39 is 13.9 Å². The van der Waals surface area contributed by atoms with Gasteiger partial charge < -0.3 is 19.8 Å². The van der Waals surface area contributed by atoms with Gasteiger partial charge in [0.05, 0.1) is 13.3 Å². The summed E-state index contributed by atoms with van der Waals surface area (Å²) >= 11 is 0. The summed E-state index contributed by atoms with van der Waals surface area (Å²) in [5.74, 6) is 0.341. The number of aromatic nitrogens is 3. The Morgan fingerprint density at radius 3 is 2.70 bits per heavy atom. The molecule has 3 rings (SSSR count). The molecule has 0 aliphatic rings. The lowest BCUT2D eigenvalue weighted by molar-refractivity contribution is 0.0899. The number of methoxy groups -OCH3 is 1. The first-order valence-corrected chi connectivity index (χ1v) is 12.5. The molecule has 0 aliphatic heterocycles. The van der Waals surface area contributed by atoms with E-state index in [1.54, 1.807) is 6.07 Å². The molecule has 0 amide bonds. The van der Waals surface area contributed by atoms with Gasteiger partial charge in [-0.25, -0.2) is 14.4 Å². The Hall–Kier alpha value is -2.45. The first kappa shape index (κ1) is 19.3. The van der Waals surface area contributed by atoms with Crippen LogP contribution in [-0.4, -0.2) is 36.3 Å². The molecule has 0 saturated heterocycles. The van der Waals surface area contributed by atoms with Crippen LogP contribution in [0, 0.1) is 5.82 Å². The predicted molar refractivity (Wildman–Crippen MR) is 108 cm³/mol. The number of hydrogen-bond donors (Lipinski definition) is 1. The van der Waals surface area contributed by atoms with Crippen molar-refractivity contribution in [2.45, 2.75) is 32.4 Å². The summed E-state index contributed by atoms with van der Waals surface area (Å²) in [6.07, 6.45) is 3.02. The number of hydrogen-bond acceptors (Lipinski definition) is 5. The first-order chi connectivity index (χ1) is 12.8. The lowest BCUT2D eigenvalue weighted by atomic mass is 10.1. The van der Waals surface area contributed by atoms with Crippen LogP contribution in [0.4, 0.5) is 10.2 Å². The molecule has 3 aromatic heterocycles. The van der Waals surface area contributed by atoms with E-state index in [0.717, 1.165) is 23.2 Å². The zero-order chi connectivity index (χ0) is 19.6. The second-order valence-corrected chi connectivity index (χ2v) is 13.3. The van der Waals surface area contributed by atoms with Gasteiger partial charge in [0, 0.05) is 37.4 Å². The fraction of sp³-hybridized carbons (Fsp3) is 0.368. The zero-order valence-corrected chi connectivity index (χ0v) is 17.1. The number of nitrogens with zero attached hydrogens (tertiary/aromatic N) is 3. The van der Waals surface area contributed by atoms with Crippen LogP contribution in [-0.2, 0) is 11.5 Å². The van der Waals surface area contributed by atoms with E-state index in [2.05, 4.69) is 29.6 Å². The van der Waals surface area contributed by atoms with E-state index in [9.17, 15) is 4.39 Å². The average Bonchev–Trinajstić information content (AvgIpc) is 2.95. The highest BCUT2D eigenvalue weighted by atomic mass is 28.3. The number of pyridine rings is 2. The van der Waals surface area contributed by atoms with Gasteiger partial charge in [-0.05, 0) is 24.2 Å². The summed E-state index contributed by atoms with van der Waals surface area (Å²) in [6, 6.07) is 6.08. The molecule has 6 nitrogen and oxygen atoms in total. The zero-order valence-electron chi connectivity index (χ0n) is 16.1. The lowest BCUT2D eigenvalue weighted by Gasteiger charge is -2.15. The first-order valence-electron chi connectivity index (χ1n) is 8.81. The van der Waals surface area contributed by atoms with Gasteiger partial charge in [0.1, 0.15) is 24.0 Å². The molecule has 3 heterocycles. The molecule has 0 saturated carbocycles. The molecule has 0 unspecified atom stereocenters. The van der Waals surface area contributed by atoms with Crippen molar-refractivity contribution in [3.63, 3.8) is 0 Å². The third kappa shape index (κ3) is 4.45. The third-order valence-corrected chi connectivity index (χ3v) is 5.98. The van der Waals surface area contributed by atoms with Crippen molar-refractivity contribution in [3.05, 3.63) is 36.4 Å². The van der Waals surface area contributed by atoms with Crippen LogP contribution in [0.3, 0.4) is 0 Å². The molecule has 2 N–H and O–H groups in total. The second kappa shape index (κ2) is 7.65. The van der Waals surface area contributed by atoms with Gasteiger partial charge in [0.2, 0.25) is 5.88 Å². The van der Waals surface area contributed by atoms with Crippen LogP contribution in [0.2, 0.25) is 25.7 Å². The fourth-order valence-electron chi connectivity index (χ4n) is 2.82. The maximum Gasteiger partial charge on any atom is 0.221 e. The van der Waals surface area contributed by atoms with Gasteiger partial charge in [0.15, 0.2) is 0 Å². The topological polar surface area (TPSA) is 75.2 Å². The predicted octanol–water partition coefficient (Wildman–Crippen LogP) is 4.14. The lowest BCUT2D eigenvalue weighted by Crippen LogP contribution is -2.22. The summed E-state index contributed by atoms with van der Waals surface area (Å²) in [5.41, 5.74) is 7.90. The largest absolute Gasteiger partial charge is 0.481 e. The van der Waals surface area contributed by atoms with Gasteiger partial charge in [-0.1, -0.05) is 19.6 Å². The Kier molecular flexibility index (Phi) is 5.47. The fourth-order valence-corrected chi connectivity index (χ4v) is 3.57. The Labute approximate surface area is 159 Å². The number of fused-ring (bicyclic) bond motifs is 1. The third-order valence-electron chi connectivity index (χ3n) is 4.27. The average molecular weight is 389 g/mol. The molecule has 0 radical (unpaired) electrons. The monoisotopic (exact) mass is 388 g/mol. The summed E-state index contributed by atoms with van der Waals surface area (Å²) in [5, 5.41) is 0.837. The molecule has 0 aliphatic carbocycles. The van der Waals surface area contributed by atoms with Crippen molar-refractivity contribution in [3.8, 4) is 17.0 Å². The maximum absolute atomic E-state index is 13.8. The highest BCUT2D eigenvalue weighted by Crippen LogP contribution is 2.35. The SMILES string of the molecule is COc1ncc(F)cc1-c1cn(COCC[Si](C)(C)C)c2nc(N)ccc12. The molecule has 27 heavy (non-hydrogen) atoms. The Morgan fingerprint density at radius 2 is 2.00 bits per heavy atom. The standard InChI is InChI=1S/C19H25FN4O2Si/c1-25-19-15(9-13(20)10-22-19)16-11-24(12-26-7-8-27(2,3)4)18-14(16)5-6-17(21)23-18/h5-6,9-11H,7-8,12H2,1-4H3,(H2,21,23). The molecule has 0 atom stereocenters. The molecule has 3 aromatic rings. The van der Waals surface area contributed by atoms with E-state index in [4.69, 9.17) is 15.2 Å². The molecule has 0 bridgehead atoms. The van der Waals surface area contributed by atoms with Crippen LogP contribution in [0.25, 0.3) is 22.2 Å². The van der Waals surface area contributed by atoms with E-state index in [1.807, 2.05) is 16.8 Å². The molecule has 0 fully saturated rings. The number of anilines is 1. The van der Waals surface area contributed by atoms with Crippen molar-refractivity contribution < 1.29 is 13.9 Å². The molecule has 144 valence electrons. The minimum Gasteiger partial charge on any atom is -0.481 e. The maximum atomic E-state index is 13.8. The summed E-state index contributed by atoms with van der Waals surface area (Å²) in [7, 11) is 0.352.